The number of benzene rings is 3. The van der Waals surface area contributed by atoms with Gasteiger partial charge in [0.05, 0.1) is 51.8 Å². The molecule has 4 aromatic rings. The minimum Gasteiger partial charge on any atom is -0.496 e. The number of rotatable bonds is 5. The summed E-state index contributed by atoms with van der Waals surface area (Å²) in [4.78, 5) is 19.1. The minimum atomic E-state index is -4.91. The first-order valence-corrected chi connectivity index (χ1v) is 10.7. The molecule has 188 valence electrons. The van der Waals surface area contributed by atoms with Crippen LogP contribution >= 0.6 is 11.6 Å². The summed E-state index contributed by atoms with van der Waals surface area (Å²) in [7, 11) is 1.32. The van der Waals surface area contributed by atoms with E-state index in [2.05, 4.69) is 15.1 Å². The molecular weight excluding hydrogens is 516 g/mol. The first-order valence-electron chi connectivity index (χ1n) is 10.3. The van der Waals surface area contributed by atoms with Gasteiger partial charge in [0, 0.05) is 6.07 Å². The Bertz CT molecular complexity index is 1640. The maximum Gasteiger partial charge on any atom is 0.419 e. The molecule has 0 spiro atoms. The number of aromatic amines is 1. The number of alkyl halides is 3. The monoisotopic (exact) mass is 530 g/mol. The van der Waals surface area contributed by atoms with Gasteiger partial charge in [0.2, 0.25) is 0 Å². The molecule has 0 aliphatic rings. The van der Waals surface area contributed by atoms with Crippen molar-refractivity contribution >= 4 is 23.1 Å². The zero-order valence-corrected chi connectivity index (χ0v) is 19.5. The van der Waals surface area contributed by atoms with Crippen molar-refractivity contribution in [2.45, 2.75) is 6.18 Å². The van der Waals surface area contributed by atoms with Crippen LogP contribution in [0.2, 0.25) is 5.02 Å². The second kappa shape index (κ2) is 9.79. The van der Waals surface area contributed by atoms with Gasteiger partial charge >= 0.3 is 11.9 Å². The number of nitrogens with zero attached hydrogens (tertiary/aromatic N) is 4. The molecule has 37 heavy (non-hydrogen) atoms. The normalized spacial score (nSPS) is 11.9. The zero-order chi connectivity index (χ0) is 26.9. The van der Waals surface area contributed by atoms with Gasteiger partial charge in [-0.3, -0.25) is 4.98 Å². The van der Waals surface area contributed by atoms with E-state index in [4.69, 9.17) is 22.1 Å². The van der Waals surface area contributed by atoms with Gasteiger partial charge in [-0.1, -0.05) is 17.7 Å². The molecule has 3 aromatic carbocycles. The van der Waals surface area contributed by atoms with E-state index in [0.29, 0.717) is 12.1 Å². The SMILES string of the molecule is COc1cc(-n2nc(-c3c(Cl)cccc3C#N)[nH]c2=O)ccc1C(N)=Nc1ccc(F)c(C(F)(F)F)c1. The smallest absolute Gasteiger partial charge is 0.419 e. The summed E-state index contributed by atoms with van der Waals surface area (Å²) in [6, 6.07) is 13.2. The van der Waals surface area contributed by atoms with Crippen molar-refractivity contribution in [1.82, 2.24) is 14.8 Å². The third-order valence-corrected chi connectivity index (χ3v) is 5.51. The van der Waals surface area contributed by atoms with E-state index < -0.39 is 23.2 Å². The molecule has 0 bridgehead atoms. The molecule has 1 heterocycles. The molecule has 8 nitrogen and oxygen atoms in total. The summed E-state index contributed by atoms with van der Waals surface area (Å²) >= 11 is 6.21. The first kappa shape index (κ1) is 25.5. The molecule has 1 aromatic heterocycles. The molecule has 0 fully saturated rings. The molecule has 0 atom stereocenters. The number of hydrogen-bond donors (Lipinski definition) is 2. The molecule has 4 rings (SSSR count). The average Bonchev–Trinajstić information content (AvgIpc) is 3.24. The number of nitrogens with one attached hydrogen (secondary N) is 1. The quantitative estimate of drug-likeness (QED) is 0.215. The Morgan fingerprint density at radius 3 is 2.65 bits per heavy atom. The van der Waals surface area contributed by atoms with Crippen LogP contribution in [0.3, 0.4) is 0 Å². The zero-order valence-electron chi connectivity index (χ0n) is 18.8. The number of amidine groups is 1. The lowest BCUT2D eigenvalue weighted by atomic mass is 10.1. The van der Waals surface area contributed by atoms with Gasteiger partial charge in [0.15, 0.2) is 5.82 Å². The Balaban J connectivity index is 1.74. The molecular formula is C24H15ClF4N6O2. The van der Waals surface area contributed by atoms with Crippen LogP contribution in [-0.4, -0.2) is 27.7 Å². The molecule has 0 saturated heterocycles. The van der Waals surface area contributed by atoms with E-state index >= 15 is 0 Å². The highest BCUT2D eigenvalue weighted by Gasteiger charge is 2.34. The van der Waals surface area contributed by atoms with Crippen LogP contribution in [0.5, 0.6) is 5.75 Å². The van der Waals surface area contributed by atoms with Crippen molar-refractivity contribution in [3.63, 3.8) is 0 Å². The van der Waals surface area contributed by atoms with Crippen LogP contribution in [-0.2, 0) is 6.18 Å². The molecule has 0 amide bonds. The lowest BCUT2D eigenvalue weighted by Crippen LogP contribution is -2.18. The number of aromatic nitrogens is 3. The van der Waals surface area contributed by atoms with Crippen molar-refractivity contribution in [3.05, 3.63) is 92.6 Å². The van der Waals surface area contributed by atoms with Crippen LogP contribution in [0.4, 0.5) is 23.2 Å². The maximum absolute atomic E-state index is 13.6. The van der Waals surface area contributed by atoms with E-state index in [9.17, 15) is 27.6 Å². The summed E-state index contributed by atoms with van der Waals surface area (Å²) in [5.41, 5.74) is 4.57. The summed E-state index contributed by atoms with van der Waals surface area (Å²) in [6.45, 7) is 0. The van der Waals surface area contributed by atoms with Crippen molar-refractivity contribution in [2.75, 3.05) is 7.11 Å². The van der Waals surface area contributed by atoms with Crippen molar-refractivity contribution in [3.8, 4) is 28.9 Å². The fourth-order valence-electron chi connectivity index (χ4n) is 3.49. The van der Waals surface area contributed by atoms with E-state index in [1.54, 1.807) is 12.1 Å². The number of H-pyrrole nitrogens is 1. The Morgan fingerprint density at radius 2 is 1.97 bits per heavy atom. The standard InChI is InChI=1S/C24H15ClF4N6O2/c1-37-19-10-14(35-23(36)33-22(34-35)20-12(11-30)3-2-4-17(20)25)6-7-15(19)21(31)32-13-5-8-18(26)16(9-13)24(27,28)29/h2-10H,1H3,(H2,31,32)(H,33,34,36). The fraction of sp³-hybridized carbons (Fsp3) is 0.0833. The first-order chi connectivity index (χ1) is 17.5. The summed E-state index contributed by atoms with van der Waals surface area (Å²) < 4.78 is 59.0. The predicted octanol–water partition coefficient (Wildman–Crippen LogP) is 4.96. The van der Waals surface area contributed by atoms with Crippen LogP contribution < -0.4 is 16.2 Å². The van der Waals surface area contributed by atoms with Crippen LogP contribution in [0.1, 0.15) is 16.7 Å². The van der Waals surface area contributed by atoms with Gasteiger partial charge in [-0.05, 0) is 42.5 Å². The number of nitrogens with two attached hydrogens (primary N) is 1. The maximum atomic E-state index is 13.6. The summed E-state index contributed by atoms with van der Waals surface area (Å²) in [5.74, 6) is -1.46. The van der Waals surface area contributed by atoms with Gasteiger partial charge in [-0.25, -0.2) is 14.2 Å². The van der Waals surface area contributed by atoms with Crippen LogP contribution in [0, 0.1) is 17.1 Å². The average molecular weight is 531 g/mol. The minimum absolute atomic E-state index is 0.0630. The number of nitriles is 1. The molecule has 13 heteroatoms. The van der Waals surface area contributed by atoms with Gasteiger partial charge in [0.1, 0.15) is 17.4 Å². The highest BCUT2D eigenvalue weighted by atomic mass is 35.5. The molecule has 3 N–H and O–H groups in total. The Morgan fingerprint density at radius 1 is 1.22 bits per heavy atom. The number of halogens is 5. The molecule has 0 saturated carbocycles. The third-order valence-electron chi connectivity index (χ3n) is 5.20. The predicted molar refractivity (Wildman–Crippen MR) is 128 cm³/mol. The van der Waals surface area contributed by atoms with Gasteiger partial charge in [-0.2, -0.15) is 23.1 Å². The second-order valence-corrected chi connectivity index (χ2v) is 7.92. The highest BCUT2D eigenvalue weighted by Crippen LogP contribution is 2.34. The number of hydrogen-bond acceptors (Lipinski definition) is 5. The van der Waals surface area contributed by atoms with E-state index in [0.717, 1.165) is 10.7 Å². The Kier molecular flexibility index (Phi) is 6.74. The Hall–Kier alpha value is -4.63. The van der Waals surface area contributed by atoms with E-state index in [1.807, 2.05) is 6.07 Å². The Labute approximate surface area is 211 Å². The molecule has 0 unspecified atom stereocenters. The van der Waals surface area contributed by atoms with E-state index in [1.165, 1.54) is 31.4 Å². The van der Waals surface area contributed by atoms with Gasteiger partial charge in [0.25, 0.3) is 0 Å². The third kappa shape index (κ3) is 5.03. The second-order valence-electron chi connectivity index (χ2n) is 7.51. The lowest BCUT2D eigenvalue weighted by Gasteiger charge is -2.11. The highest BCUT2D eigenvalue weighted by molar-refractivity contribution is 6.33. The lowest BCUT2D eigenvalue weighted by molar-refractivity contribution is -0.139. The van der Waals surface area contributed by atoms with Crippen molar-refractivity contribution in [1.29, 1.82) is 5.26 Å². The number of methoxy groups -OCH3 is 1. The number of aliphatic imine (C=N–C) groups is 1. The largest absolute Gasteiger partial charge is 0.496 e. The van der Waals surface area contributed by atoms with Crippen LogP contribution in [0.15, 0.2) is 64.4 Å². The van der Waals surface area contributed by atoms with Crippen molar-refractivity contribution < 1.29 is 22.3 Å². The van der Waals surface area contributed by atoms with Gasteiger partial charge in [-0.15, -0.1) is 5.10 Å². The molecule has 0 radical (unpaired) electrons. The topological polar surface area (TPSA) is 122 Å². The summed E-state index contributed by atoms with van der Waals surface area (Å²) in [5, 5.41) is 13.8. The fourth-order valence-corrected chi connectivity index (χ4v) is 3.76. The van der Waals surface area contributed by atoms with E-state index in [-0.39, 0.29) is 50.5 Å². The number of ether oxygens (including phenoxy) is 1. The van der Waals surface area contributed by atoms with Crippen molar-refractivity contribution in [2.24, 2.45) is 10.7 Å². The molecule has 0 aliphatic heterocycles. The summed E-state index contributed by atoms with van der Waals surface area (Å²) in [6.07, 6.45) is -4.91. The molecule has 0 aliphatic carbocycles. The van der Waals surface area contributed by atoms with Gasteiger partial charge < -0.3 is 10.5 Å². The van der Waals surface area contributed by atoms with Crippen LogP contribution in [0.25, 0.3) is 17.1 Å².